The van der Waals surface area contributed by atoms with Gasteiger partial charge in [0.15, 0.2) is 5.82 Å². The van der Waals surface area contributed by atoms with Crippen molar-refractivity contribution >= 4 is 33.7 Å². The lowest BCUT2D eigenvalue weighted by atomic mass is 10.1. The number of esters is 1. The lowest BCUT2D eigenvalue weighted by molar-refractivity contribution is 0.0601. The number of imidazole rings is 1. The van der Waals surface area contributed by atoms with Gasteiger partial charge in [0.25, 0.3) is 0 Å². The minimum Gasteiger partial charge on any atom is -0.465 e. The van der Waals surface area contributed by atoms with Crippen LogP contribution in [0, 0.1) is 0 Å². The van der Waals surface area contributed by atoms with E-state index in [1.807, 2.05) is 6.07 Å². The first-order valence-corrected chi connectivity index (χ1v) is 8.94. The van der Waals surface area contributed by atoms with Crippen molar-refractivity contribution in [3.05, 3.63) is 29.6 Å². The Hall–Kier alpha value is -2.71. The van der Waals surface area contributed by atoms with Crippen molar-refractivity contribution in [2.24, 2.45) is 5.73 Å². The Labute approximate surface area is 157 Å². The van der Waals surface area contributed by atoms with Crippen molar-refractivity contribution in [2.75, 3.05) is 26.6 Å². The number of anilines is 1. The highest BCUT2D eigenvalue weighted by molar-refractivity contribution is 6.08. The number of nitrogen functional groups attached to an aromatic ring is 1. The Morgan fingerprint density at radius 2 is 2.07 bits per heavy atom. The molecule has 0 saturated heterocycles. The number of aromatic nitrogens is 3. The summed E-state index contributed by atoms with van der Waals surface area (Å²) in [5, 5.41) is 0.852. The topological polar surface area (TPSA) is 118 Å². The zero-order valence-electron chi connectivity index (χ0n) is 15.9. The maximum absolute atomic E-state index is 11.8. The van der Waals surface area contributed by atoms with Crippen LogP contribution in [0.25, 0.3) is 21.9 Å². The van der Waals surface area contributed by atoms with Gasteiger partial charge in [-0.1, -0.05) is 13.3 Å². The number of carbonyl (C=O) groups excluding carboxylic acids is 1. The number of fused-ring (bicyclic) bond motifs is 3. The van der Waals surface area contributed by atoms with Crippen LogP contribution in [0.5, 0.6) is 0 Å². The standard InChI is InChI=1S/C19H25N5O3/c1-4-5-13(20)18-23-15-16(24(18)8-9-26-2)12-7-6-11(19(25)27-3)10-14(12)22-17(15)21/h6-7,10,13H,4-5,8-9,20H2,1-3H3,(H2,21,22). The summed E-state index contributed by atoms with van der Waals surface area (Å²) in [4.78, 5) is 21.0. The molecule has 0 aliphatic rings. The number of ether oxygens (including phenoxy) is 2. The molecule has 3 aromatic rings. The Kier molecular flexibility index (Phi) is 5.57. The van der Waals surface area contributed by atoms with Gasteiger partial charge >= 0.3 is 5.97 Å². The van der Waals surface area contributed by atoms with Crippen LogP contribution in [0.2, 0.25) is 0 Å². The molecule has 0 fully saturated rings. The van der Waals surface area contributed by atoms with Gasteiger partial charge in [0, 0.05) is 19.0 Å². The van der Waals surface area contributed by atoms with E-state index in [1.165, 1.54) is 7.11 Å². The van der Waals surface area contributed by atoms with E-state index in [2.05, 4.69) is 16.5 Å². The highest BCUT2D eigenvalue weighted by atomic mass is 16.5. The molecule has 0 amide bonds. The molecule has 4 N–H and O–H groups in total. The highest BCUT2D eigenvalue weighted by Gasteiger charge is 2.21. The van der Waals surface area contributed by atoms with Crippen LogP contribution < -0.4 is 11.5 Å². The van der Waals surface area contributed by atoms with E-state index in [0.717, 1.165) is 29.6 Å². The first kappa shape index (κ1) is 19.1. The summed E-state index contributed by atoms with van der Waals surface area (Å²) in [6.45, 7) is 3.19. The predicted octanol–water partition coefficient (Wildman–Crippen LogP) is 2.40. The van der Waals surface area contributed by atoms with Crippen molar-refractivity contribution in [1.82, 2.24) is 14.5 Å². The van der Waals surface area contributed by atoms with E-state index in [4.69, 9.17) is 25.9 Å². The molecule has 1 atom stereocenters. The third-order valence-corrected chi connectivity index (χ3v) is 4.60. The van der Waals surface area contributed by atoms with Crippen molar-refractivity contribution < 1.29 is 14.3 Å². The summed E-state index contributed by atoms with van der Waals surface area (Å²) in [7, 11) is 3.00. The molecule has 27 heavy (non-hydrogen) atoms. The molecule has 0 radical (unpaired) electrons. The van der Waals surface area contributed by atoms with E-state index >= 15 is 0 Å². The molecular formula is C19H25N5O3. The van der Waals surface area contributed by atoms with Crippen LogP contribution in [0.3, 0.4) is 0 Å². The number of rotatable bonds is 7. The van der Waals surface area contributed by atoms with Crippen molar-refractivity contribution in [3.63, 3.8) is 0 Å². The second-order valence-electron chi connectivity index (χ2n) is 6.43. The zero-order valence-corrected chi connectivity index (χ0v) is 15.9. The normalized spacial score (nSPS) is 12.6. The molecule has 3 rings (SSSR count). The first-order valence-electron chi connectivity index (χ1n) is 8.94. The highest BCUT2D eigenvalue weighted by Crippen LogP contribution is 2.31. The monoisotopic (exact) mass is 371 g/mol. The lowest BCUT2D eigenvalue weighted by Crippen LogP contribution is -2.18. The second-order valence-corrected chi connectivity index (χ2v) is 6.43. The number of nitrogens with zero attached hydrogens (tertiary/aromatic N) is 3. The molecule has 2 heterocycles. The molecule has 2 aromatic heterocycles. The summed E-state index contributed by atoms with van der Waals surface area (Å²) < 4.78 is 12.1. The van der Waals surface area contributed by atoms with Crippen LogP contribution in [0.1, 0.15) is 42.0 Å². The Morgan fingerprint density at radius 1 is 1.30 bits per heavy atom. The van der Waals surface area contributed by atoms with E-state index in [1.54, 1.807) is 19.2 Å². The number of benzene rings is 1. The summed E-state index contributed by atoms with van der Waals surface area (Å²) in [5.41, 5.74) is 15.1. The van der Waals surface area contributed by atoms with Crippen LogP contribution >= 0.6 is 0 Å². The first-order chi connectivity index (χ1) is 13.0. The van der Waals surface area contributed by atoms with Crippen LogP contribution in [-0.2, 0) is 16.0 Å². The van der Waals surface area contributed by atoms with Crippen molar-refractivity contribution in [2.45, 2.75) is 32.4 Å². The molecule has 1 aromatic carbocycles. The maximum atomic E-state index is 11.8. The van der Waals surface area contributed by atoms with Gasteiger partial charge in [-0.05, 0) is 24.6 Å². The van der Waals surface area contributed by atoms with Gasteiger partial charge in [0.2, 0.25) is 0 Å². The van der Waals surface area contributed by atoms with Gasteiger partial charge < -0.3 is 25.5 Å². The quantitative estimate of drug-likeness (QED) is 0.612. The fraction of sp³-hybridized carbons (Fsp3) is 0.421. The van der Waals surface area contributed by atoms with Gasteiger partial charge in [0.1, 0.15) is 11.3 Å². The molecular weight excluding hydrogens is 346 g/mol. The molecule has 8 heteroatoms. The SMILES string of the molecule is CCCC(N)c1nc2c(N)nc3cc(C(=O)OC)ccc3c2n1CCOC. The van der Waals surface area contributed by atoms with E-state index in [9.17, 15) is 4.79 Å². The third kappa shape index (κ3) is 3.45. The Balaban J connectivity index is 2.29. The average Bonchev–Trinajstić information content (AvgIpc) is 3.06. The lowest BCUT2D eigenvalue weighted by Gasteiger charge is -2.14. The molecule has 8 nitrogen and oxygen atoms in total. The minimum atomic E-state index is -0.420. The van der Waals surface area contributed by atoms with Crippen molar-refractivity contribution in [3.8, 4) is 0 Å². The number of methoxy groups -OCH3 is 2. The average molecular weight is 371 g/mol. The maximum Gasteiger partial charge on any atom is 0.337 e. The molecule has 0 bridgehead atoms. The molecule has 0 saturated carbocycles. The van der Waals surface area contributed by atoms with Gasteiger partial charge in [-0.2, -0.15) is 0 Å². The predicted molar refractivity (Wildman–Crippen MR) is 104 cm³/mol. The summed E-state index contributed by atoms with van der Waals surface area (Å²) in [6, 6.07) is 5.03. The van der Waals surface area contributed by atoms with Gasteiger partial charge in [-0.25, -0.2) is 14.8 Å². The second kappa shape index (κ2) is 7.89. The Bertz CT molecular complexity index is 983. The molecule has 0 spiro atoms. The summed E-state index contributed by atoms with van der Waals surface area (Å²) in [5.74, 6) is 0.651. The fourth-order valence-electron chi connectivity index (χ4n) is 3.31. The van der Waals surface area contributed by atoms with Crippen LogP contribution in [0.15, 0.2) is 18.2 Å². The molecule has 144 valence electrons. The number of hydrogen-bond acceptors (Lipinski definition) is 7. The molecule has 0 aliphatic heterocycles. The largest absolute Gasteiger partial charge is 0.465 e. The van der Waals surface area contributed by atoms with E-state index in [0.29, 0.717) is 35.6 Å². The fourth-order valence-corrected chi connectivity index (χ4v) is 3.31. The number of carbonyl (C=O) groups is 1. The van der Waals surface area contributed by atoms with Crippen LogP contribution in [-0.4, -0.2) is 41.3 Å². The van der Waals surface area contributed by atoms with Gasteiger partial charge in [0.05, 0.1) is 36.4 Å². The summed E-state index contributed by atoms with van der Waals surface area (Å²) in [6.07, 6.45) is 1.76. The van der Waals surface area contributed by atoms with Crippen LogP contribution in [0.4, 0.5) is 5.82 Å². The Morgan fingerprint density at radius 3 is 2.74 bits per heavy atom. The number of pyridine rings is 1. The minimum absolute atomic E-state index is 0.206. The third-order valence-electron chi connectivity index (χ3n) is 4.60. The number of hydrogen-bond donors (Lipinski definition) is 2. The van der Waals surface area contributed by atoms with Gasteiger partial charge in [-0.3, -0.25) is 0 Å². The van der Waals surface area contributed by atoms with E-state index < -0.39 is 5.97 Å². The smallest absolute Gasteiger partial charge is 0.337 e. The van der Waals surface area contributed by atoms with E-state index in [-0.39, 0.29) is 6.04 Å². The zero-order chi connectivity index (χ0) is 19.6. The number of nitrogens with two attached hydrogens (primary N) is 2. The molecule has 0 aliphatic carbocycles. The van der Waals surface area contributed by atoms with Gasteiger partial charge in [-0.15, -0.1) is 0 Å². The summed E-state index contributed by atoms with van der Waals surface area (Å²) >= 11 is 0. The molecule has 1 unspecified atom stereocenters. The van der Waals surface area contributed by atoms with Crippen molar-refractivity contribution in [1.29, 1.82) is 0 Å².